The Kier molecular flexibility index (Phi) is 5.29. The molecule has 0 radical (unpaired) electrons. The second-order valence-corrected chi connectivity index (χ2v) is 6.49. The molecular weight excluding hydrogens is 328 g/mol. The maximum Gasteiger partial charge on any atom is 0.0721 e. The zero-order chi connectivity index (χ0) is 18.3. The fraction of sp³-hybridized carbons (Fsp3) is 0.0769. The predicted molar refractivity (Wildman–Crippen MR) is 111 cm³/mol. The molecule has 0 N–H and O–H groups in total. The molecule has 130 valence electrons. The largest absolute Gasteiger partial charge is 0.372 e. The van der Waals surface area contributed by atoms with Crippen LogP contribution in [0.5, 0.6) is 0 Å². The molecule has 0 unspecified atom stereocenters. The van der Waals surface area contributed by atoms with Crippen molar-refractivity contribution < 1.29 is 4.74 Å². The lowest BCUT2D eigenvalue weighted by Crippen LogP contribution is -1.94. The molecule has 0 aliphatic rings. The number of benzene rings is 4. The van der Waals surface area contributed by atoms with Crippen LogP contribution in [0.3, 0.4) is 0 Å². The van der Waals surface area contributed by atoms with E-state index in [1.807, 2.05) is 42.5 Å². The summed E-state index contributed by atoms with van der Waals surface area (Å²) in [5.41, 5.74) is 4.39. The maximum absolute atomic E-state index is 5.89. The van der Waals surface area contributed by atoms with Crippen molar-refractivity contribution >= 4 is 10.8 Å². The van der Waals surface area contributed by atoms with Crippen LogP contribution in [0, 0.1) is 11.8 Å². The lowest BCUT2D eigenvalue weighted by molar-refractivity contribution is 0.107. The van der Waals surface area contributed by atoms with E-state index in [0.717, 1.165) is 16.7 Å². The summed E-state index contributed by atoms with van der Waals surface area (Å²) in [4.78, 5) is 0. The molecule has 0 aliphatic heterocycles. The second kappa shape index (κ2) is 8.36. The third-order valence-corrected chi connectivity index (χ3v) is 4.43. The minimum Gasteiger partial charge on any atom is -0.372 e. The van der Waals surface area contributed by atoms with Crippen LogP contribution in [-0.4, -0.2) is 0 Å². The molecule has 4 rings (SSSR count). The topological polar surface area (TPSA) is 9.23 Å². The molecule has 1 heteroatoms. The maximum atomic E-state index is 5.89. The summed E-state index contributed by atoms with van der Waals surface area (Å²) in [6, 6.07) is 33.1. The normalized spacial score (nSPS) is 10.4. The minimum absolute atomic E-state index is 0.596. The van der Waals surface area contributed by atoms with Gasteiger partial charge in [-0.3, -0.25) is 0 Å². The summed E-state index contributed by atoms with van der Waals surface area (Å²) in [5, 5.41) is 2.51. The number of fused-ring (bicyclic) bond motifs is 1. The van der Waals surface area contributed by atoms with E-state index < -0.39 is 0 Å². The van der Waals surface area contributed by atoms with E-state index in [2.05, 4.69) is 66.4 Å². The van der Waals surface area contributed by atoms with Crippen molar-refractivity contribution in [1.82, 2.24) is 0 Å². The lowest BCUT2D eigenvalue weighted by Gasteiger charge is -2.06. The van der Waals surface area contributed by atoms with Gasteiger partial charge in [-0.2, -0.15) is 0 Å². The van der Waals surface area contributed by atoms with Crippen LogP contribution >= 0.6 is 0 Å². The van der Waals surface area contributed by atoms with Gasteiger partial charge >= 0.3 is 0 Å². The average molecular weight is 348 g/mol. The van der Waals surface area contributed by atoms with Crippen molar-refractivity contribution in [3.05, 3.63) is 119 Å². The molecule has 0 fully saturated rings. The minimum atomic E-state index is 0.596. The summed E-state index contributed by atoms with van der Waals surface area (Å²) in [7, 11) is 0. The van der Waals surface area contributed by atoms with E-state index in [1.165, 1.54) is 16.3 Å². The van der Waals surface area contributed by atoms with Gasteiger partial charge in [0.25, 0.3) is 0 Å². The molecule has 0 saturated carbocycles. The van der Waals surface area contributed by atoms with E-state index in [4.69, 9.17) is 4.74 Å². The molecule has 0 aromatic heterocycles. The van der Waals surface area contributed by atoms with Crippen molar-refractivity contribution in [2.75, 3.05) is 0 Å². The Morgan fingerprint density at radius 3 is 1.89 bits per heavy atom. The van der Waals surface area contributed by atoms with Gasteiger partial charge in [0.05, 0.1) is 13.2 Å². The number of rotatable bonds is 4. The monoisotopic (exact) mass is 348 g/mol. The fourth-order valence-electron chi connectivity index (χ4n) is 2.97. The molecule has 0 heterocycles. The highest BCUT2D eigenvalue weighted by Crippen LogP contribution is 2.16. The van der Waals surface area contributed by atoms with Gasteiger partial charge in [-0.25, -0.2) is 0 Å². The Labute approximate surface area is 160 Å². The standard InChI is InChI=1S/C26H20O/c1-2-6-21(7-3-1)10-11-22-12-14-23(15-13-22)19-27-20-24-16-17-25-8-4-5-9-26(25)18-24/h1-9,12-18H,19-20H2. The molecule has 0 saturated heterocycles. The molecule has 0 aliphatic carbocycles. The summed E-state index contributed by atoms with van der Waals surface area (Å²) in [6.07, 6.45) is 0. The number of hydrogen-bond acceptors (Lipinski definition) is 1. The van der Waals surface area contributed by atoms with E-state index in [-0.39, 0.29) is 0 Å². The van der Waals surface area contributed by atoms with Crippen molar-refractivity contribution in [1.29, 1.82) is 0 Å². The molecule has 0 bridgehead atoms. The van der Waals surface area contributed by atoms with Gasteiger partial charge in [0.15, 0.2) is 0 Å². The van der Waals surface area contributed by atoms with Crippen LogP contribution in [0.1, 0.15) is 22.3 Å². The summed E-state index contributed by atoms with van der Waals surface area (Å²) in [6.45, 7) is 1.21. The zero-order valence-corrected chi connectivity index (χ0v) is 15.1. The van der Waals surface area contributed by atoms with Crippen LogP contribution in [-0.2, 0) is 18.0 Å². The van der Waals surface area contributed by atoms with Crippen LogP contribution in [0.4, 0.5) is 0 Å². The van der Waals surface area contributed by atoms with E-state index in [0.29, 0.717) is 13.2 Å². The van der Waals surface area contributed by atoms with Crippen LogP contribution in [0.15, 0.2) is 97.1 Å². The third-order valence-electron chi connectivity index (χ3n) is 4.43. The highest BCUT2D eigenvalue weighted by molar-refractivity contribution is 5.82. The fourth-order valence-corrected chi connectivity index (χ4v) is 2.97. The molecule has 4 aromatic rings. The van der Waals surface area contributed by atoms with E-state index in [1.54, 1.807) is 0 Å². The van der Waals surface area contributed by atoms with Gasteiger partial charge in [-0.1, -0.05) is 78.6 Å². The van der Waals surface area contributed by atoms with Gasteiger partial charge in [-0.05, 0) is 52.2 Å². The van der Waals surface area contributed by atoms with Gasteiger partial charge in [0, 0.05) is 11.1 Å². The first-order chi connectivity index (χ1) is 13.4. The highest BCUT2D eigenvalue weighted by Gasteiger charge is 1.98. The average Bonchev–Trinajstić information content (AvgIpc) is 2.74. The van der Waals surface area contributed by atoms with Crippen molar-refractivity contribution in [2.45, 2.75) is 13.2 Å². The summed E-state index contributed by atoms with van der Waals surface area (Å²) >= 11 is 0. The molecule has 1 nitrogen and oxygen atoms in total. The van der Waals surface area contributed by atoms with Crippen LogP contribution < -0.4 is 0 Å². The summed E-state index contributed by atoms with van der Waals surface area (Å²) in [5.74, 6) is 6.37. The van der Waals surface area contributed by atoms with E-state index in [9.17, 15) is 0 Å². The molecular formula is C26H20O. The quantitative estimate of drug-likeness (QED) is 0.414. The molecule has 0 spiro atoms. The molecule has 0 amide bonds. The van der Waals surface area contributed by atoms with Gasteiger partial charge in [0.1, 0.15) is 0 Å². The first kappa shape index (κ1) is 17.1. The first-order valence-electron chi connectivity index (χ1n) is 9.08. The van der Waals surface area contributed by atoms with Crippen molar-refractivity contribution in [3.8, 4) is 11.8 Å². The summed E-state index contributed by atoms with van der Waals surface area (Å²) < 4.78 is 5.89. The highest BCUT2D eigenvalue weighted by atomic mass is 16.5. The van der Waals surface area contributed by atoms with Crippen LogP contribution in [0.25, 0.3) is 10.8 Å². The Bertz CT molecular complexity index is 1080. The van der Waals surface area contributed by atoms with Gasteiger partial charge in [0.2, 0.25) is 0 Å². The molecule has 4 aromatic carbocycles. The SMILES string of the molecule is C(#Cc1ccc(COCc2ccc3ccccc3c2)cc1)c1ccccc1. The number of hydrogen-bond donors (Lipinski definition) is 0. The van der Waals surface area contributed by atoms with Crippen molar-refractivity contribution in [3.63, 3.8) is 0 Å². The van der Waals surface area contributed by atoms with Crippen LogP contribution in [0.2, 0.25) is 0 Å². The Hall–Kier alpha value is -3.34. The third kappa shape index (κ3) is 4.64. The molecule has 0 atom stereocenters. The van der Waals surface area contributed by atoms with Gasteiger partial charge in [-0.15, -0.1) is 0 Å². The lowest BCUT2D eigenvalue weighted by atomic mass is 10.1. The van der Waals surface area contributed by atoms with Crippen molar-refractivity contribution in [2.24, 2.45) is 0 Å². The second-order valence-electron chi connectivity index (χ2n) is 6.49. The Morgan fingerprint density at radius 1 is 0.519 bits per heavy atom. The van der Waals surface area contributed by atoms with E-state index >= 15 is 0 Å². The first-order valence-corrected chi connectivity index (χ1v) is 9.08. The zero-order valence-electron chi connectivity index (χ0n) is 15.1. The predicted octanol–water partition coefficient (Wildman–Crippen LogP) is 5.96. The Balaban J connectivity index is 1.34. The number of ether oxygens (including phenoxy) is 1. The smallest absolute Gasteiger partial charge is 0.0721 e. The van der Waals surface area contributed by atoms with Gasteiger partial charge < -0.3 is 4.74 Å². The Morgan fingerprint density at radius 2 is 1.11 bits per heavy atom. The molecule has 27 heavy (non-hydrogen) atoms.